The Bertz CT molecular complexity index is 1030. The number of nitrogens with zero attached hydrogens (tertiary/aromatic N) is 1. The van der Waals surface area contributed by atoms with Crippen LogP contribution in [0.3, 0.4) is 0 Å². The number of allylic oxidation sites excluding steroid dienone is 3. The zero-order valence-corrected chi connectivity index (χ0v) is 19.2. The SMILES string of the molecule is CCOC1=CC(=N)/C(=C\N[C@H]2CC[C@](C)(O)CC2)C=C1NC(=O)c1cccc(C2CC2)[n+]1O. The van der Waals surface area contributed by atoms with Gasteiger partial charge in [-0.15, -0.1) is 0 Å². The Labute approximate surface area is 194 Å². The van der Waals surface area contributed by atoms with Crippen LogP contribution in [0.25, 0.3) is 0 Å². The highest BCUT2D eigenvalue weighted by atomic mass is 16.5. The fraction of sp³-hybridized carbons (Fsp3) is 0.480. The fourth-order valence-corrected chi connectivity index (χ4v) is 4.27. The maximum atomic E-state index is 13.0. The molecule has 1 aromatic heterocycles. The van der Waals surface area contributed by atoms with Gasteiger partial charge in [-0.3, -0.25) is 10.0 Å². The third-order valence-corrected chi connectivity index (χ3v) is 6.46. The van der Waals surface area contributed by atoms with Gasteiger partial charge in [0.05, 0.1) is 23.6 Å². The molecule has 0 aliphatic heterocycles. The smallest absolute Gasteiger partial charge is 0.325 e. The average Bonchev–Trinajstić information content (AvgIpc) is 3.61. The summed E-state index contributed by atoms with van der Waals surface area (Å²) >= 11 is 0. The lowest BCUT2D eigenvalue weighted by Crippen LogP contribution is -2.45. The first-order valence-corrected chi connectivity index (χ1v) is 11.7. The van der Waals surface area contributed by atoms with Crippen LogP contribution in [0.15, 0.2) is 53.6 Å². The second-order valence-electron chi connectivity index (χ2n) is 9.33. The molecular weight excluding hydrogens is 420 g/mol. The number of nitrogens with one attached hydrogen (secondary N) is 3. The number of rotatable bonds is 7. The molecule has 8 heteroatoms. The number of hydrogen-bond acceptors (Lipinski definition) is 6. The molecule has 1 amide bonds. The van der Waals surface area contributed by atoms with Crippen LogP contribution >= 0.6 is 0 Å². The molecule has 1 heterocycles. The normalized spacial score (nSPS) is 26.5. The standard InChI is InChI=1S/C25H32N4O4/c1-3-33-23-14-19(26)17(15-27-18-9-11-25(2,31)12-10-18)13-20(23)28-24(30)22-6-4-5-21(29(22)32)16-7-8-16/h4-6,13-16,18,26,30-32H,3,7-12H2,1-2H3/p+1/t18-,25-. The molecule has 1 aromatic rings. The molecule has 0 saturated heterocycles. The summed E-state index contributed by atoms with van der Waals surface area (Å²) in [6.45, 7) is 4.10. The number of amides is 1. The number of carbonyl (C=O) groups excluding carboxylic acids is 1. The van der Waals surface area contributed by atoms with E-state index in [1.165, 1.54) is 0 Å². The van der Waals surface area contributed by atoms with Crippen molar-refractivity contribution in [2.24, 2.45) is 0 Å². The number of carbonyl (C=O) groups is 1. The molecule has 0 bridgehead atoms. The number of aliphatic hydroxyl groups is 1. The van der Waals surface area contributed by atoms with Crippen molar-refractivity contribution in [2.75, 3.05) is 6.61 Å². The van der Waals surface area contributed by atoms with Crippen LogP contribution in [0.2, 0.25) is 0 Å². The van der Waals surface area contributed by atoms with Gasteiger partial charge >= 0.3 is 11.6 Å². The average molecular weight is 454 g/mol. The largest absolute Gasteiger partial charge is 0.492 e. The monoisotopic (exact) mass is 453 g/mol. The van der Waals surface area contributed by atoms with Crippen LogP contribution in [0, 0.1) is 5.41 Å². The van der Waals surface area contributed by atoms with Crippen molar-refractivity contribution < 1.29 is 24.6 Å². The lowest BCUT2D eigenvalue weighted by atomic mass is 9.84. The van der Waals surface area contributed by atoms with E-state index in [9.17, 15) is 15.1 Å². The zero-order chi connectivity index (χ0) is 23.6. The predicted octanol–water partition coefficient (Wildman–Crippen LogP) is 2.82. The number of aromatic nitrogens is 1. The van der Waals surface area contributed by atoms with Gasteiger partial charge < -0.3 is 25.9 Å². The van der Waals surface area contributed by atoms with Crippen LogP contribution in [0.1, 0.15) is 74.5 Å². The van der Waals surface area contributed by atoms with Crippen molar-refractivity contribution in [3.05, 3.63) is 65.0 Å². The van der Waals surface area contributed by atoms with Crippen molar-refractivity contribution in [1.29, 1.82) is 5.41 Å². The molecule has 0 spiro atoms. The Morgan fingerprint density at radius 1 is 1.27 bits per heavy atom. The summed E-state index contributed by atoms with van der Waals surface area (Å²) < 4.78 is 6.63. The summed E-state index contributed by atoms with van der Waals surface area (Å²) in [6.07, 6.45) is 10.3. The minimum absolute atomic E-state index is 0.148. The van der Waals surface area contributed by atoms with Crippen LogP contribution in [-0.4, -0.2) is 40.2 Å². The quantitative estimate of drug-likeness (QED) is 0.321. The van der Waals surface area contributed by atoms with Crippen LogP contribution in [0.5, 0.6) is 0 Å². The fourth-order valence-electron chi connectivity index (χ4n) is 4.27. The van der Waals surface area contributed by atoms with Crippen molar-refractivity contribution in [1.82, 2.24) is 10.6 Å². The summed E-state index contributed by atoms with van der Waals surface area (Å²) in [5, 5.41) is 35.3. The molecule has 0 atom stereocenters. The molecule has 2 fully saturated rings. The number of ether oxygens (including phenoxy) is 1. The Morgan fingerprint density at radius 2 is 2.00 bits per heavy atom. The van der Waals surface area contributed by atoms with Crippen LogP contribution in [-0.2, 0) is 4.74 Å². The summed E-state index contributed by atoms with van der Waals surface area (Å²) in [7, 11) is 0. The van der Waals surface area contributed by atoms with Gasteiger partial charge in [0.15, 0.2) is 0 Å². The first-order chi connectivity index (χ1) is 15.8. The molecular formula is C25H33N4O4+. The van der Waals surface area contributed by atoms with Gasteiger partial charge in [0, 0.05) is 46.7 Å². The second kappa shape index (κ2) is 9.39. The molecule has 0 radical (unpaired) electrons. The van der Waals surface area contributed by atoms with E-state index >= 15 is 0 Å². The van der Waals surface area contributed by atoms with E-state index in [-0.39, 0.29) is 17.4 Å². The van der Waals surface area contributed by atoms with Crippen molar-refractivity contribution in [3.63, 3.8) is 0 Å². The zero-order valence-electron chi connectivity index (χ0n) is 19.2. The maximum Gasteiger partial charge on any atom is 0.325 e. The Kier molecular flexibility index (Phi) is 6.56. The summed E-state index contributed by atoms with van der Waals surface area (Å²) in [5.74, 6) is 0.247. The van der Waals surface area contributed by atoms with Gasteiger partial charge in [-0.05, 0) is 64.5 Å². The number of pyridine rings is 1. The van der Waals surface area contributed by atoms with Gasteiger partial charge in [0.1, 0.15) is 5.76 Å². The number of hydrogen-bond donors (Lipinski definition) is 5. The van der Waals surface area contributed by atoms with E-state index in [0.29, 0.717) is 29.6 Å². The summed E-state index contributed by atoms with van der Waals surface area (Å²) in [6, 6.07) is 5.41. The Hall–Kier alpha value is -3.13. The molecule has 5 N–H and O–H groups in total. The van der Waals surface area contributed by atoms with E-state index in [1.807, 2.05) is 19.9 Å². The summed E-state index contributed by atoms with van der Waals surface area (Å²) in [5.41, 5.74) is 1.62. The Morgan fingerprint density at radius 3 is 2.67 bits per heavy atom. The highest BCUT2D eigenvalue weighted by Gasteiger charge is 2.36. The molecule has 0 unspecified atom stereocenters. The maximum absolute atomic E-state index is 13.0. The lowest BCUT2D eigenvalue weighted by molar-refractivity contribution is -0.910. The lowest BCUT2D eigenvalue weighted by Gasteiger charge is -2.33. The third-order valence-electron chi connectivity index (χ3n) is 6.46. The van der Waals surface area contributed by atoms with E-state index < -0.39 is 11.5 Å². The molecule has 3 aliphatic rings. The molecule has 176 valence electrons. The summed E-state index contributed by atoms with van der Waals surface area (Å²) in [4.78, 5) is 13.0. The van der Waals surface area contributed by atoms with E-state index in [2.05, 4.69) is 10.6 Å². The molecule has 4 rings (SSSR count). The highest BCUT2D eigenvalue weighted by molar-refractivity contribution is 6.10. The van der Waals surface area contributed by atoms with Crippen molar-refractivity contribution in [3.8, 4) is 0 Å². The van der Waals surface area contributed by atoms with Crippen LogP contribution in [0.4, 0.5) is 0 Å². The van der Waals surface area contributed by atoms with Crippen LogP contribution < -0.4 is 15.4 Å². The second-order valence-corrected chi connectivity index (χ2v) is 9.33. The highest BCUT2D eigenvalue weighted by Crippen LogP contribution is 2.38. The topological polar surface area (TPSA) is 119 Å². The van der Waals surface area contributed by atoms with Gasteiger partial charge in [-0.2, -0.15) is 0 Å². The van der Waals surface area contributed by atoms with Gasteiger partial charge in [-0.1, -0.05) is 0 Å². The molecule has 3 aliphatic carbocycles. The van der Waals surface area contributed by atoms with Crippen molar-refractivity contribution >= 4 is 11.6 Å². The van der Waals surface area contributed by atoms with E-state index in [0.717, 1.165) is 48.9 Å². The first-order valence-electron chi connectivity index (χ1n) is 11.7. The minimum Gasteiger partial charge on any atom is -0.492 e. The first kappa shape index (κ1) is 23.0. The third kappa shape index (κ3) is 5.45. The van der Waals surface area contributed by atoms with Crippen molar-refractivity contribution in [2.45, 2.75) is 69.9 Å². The molecule has 2 saturated carbocycles. The van der Waals surface area contributed by atoms with Gasteiger partial charge in [0.2, 0.25) is 5.69 Å². The molecule has 33 heavy (non-hydrogen) atoms. The predicted molar refractivity (Wildman–Crippen MR) is 123 cm³/mol. The molecule has 8 nitrogen and oxygen atoms in total. The minimum atomic E-state index is -0.601. The van der Waals surface area contributed by atoms with Gasteiger partial charge in [-0.25, -0.2) is 0 Å². The van der Waals surface area contributed by atoms with Gasteiger partial charge in [0.25, 0.3) is 0 Å². The van der Waals surface area contributed by atoms with E-state index in [4.69, 9.17) is 10.1 Å². The van der Waals surface area contributed by atoms with E-state index in [1.54, 1.807) is 30.5 Å². The molecule has 0 aromatic carbocycles. The Balaban J connectivity index is 1.51.